The predicted octanol–water partition coefficient (Wildman–Crippen LogP) is 3.57. The molecule has 1 aromatic heterocycles. The van der Waals surface area contributed by atoms with Gasteiger partial charge in [0.2, 0.25) is 5.89 Å². The summed E-state index contributed by atoms with van der Waals surface area (Å²) < 4.78 is 29.3. The van der Waals surface area contributed by atoms with E-state index in [0.717, 1.165) is 38.0 Å². The van der Waals surface area contributed by atoms with E-state index < -0.39 is 9.84 Å². The molecular weight excluding hydrogens is 320 g/mol. The van der Waals surface area contributed by atoms with Gasteiger partial charge in [-0.3, -0.25) is 0 Å². The number of thioether (sulfide) groups is 1. The van der Waals surface area contributed by atoms with Gasteiger partial charge in [0.1, 0.15) is 9.84 Å². The molecule has 2 fully saturated rings. The molecule has 0 radical (unpaired) electrons. The third kappa shape index (κ3) is 4.04. The van der Waals surface area contributed by atoms with E-state index in [1.807, 2.05) is 0 Å². The first kappa shape index (κ1) is 16.3. The number of hydrogen-bond acceptors (Lipinski definition) is 6. The second-order valence-electron chi connectivity index (χ2n) is 6.60. The maximum Gasteiger partial charge on any atom is 0.276 e. The molecule has 0 amide bonds. The predicted molar refractivity (Wildman–Crippen MR) is 86.9 cm³/mol. The monoisotopic (exact) mass is 344 g/mol. The van der Waals surface area contributed by atoms with E-state index in [-0.39, 0.29) is 10.5 Å². The molecule has 22 heavy (non-hydrogen) atoms. The van der Waals surface area contributed by atoms with Crippen molar-refractivity contribution in [2.45, 2.75) is 79.4 Å². The number of rotatable bonds is 4. The summed E-state index contributed by atoms with van der Waals surface area (Å²) in [5.74, 6) is 1.20. The Morgan fingerprint density at radius 3 is 2.55 bits per heavy atom. The van der Waals surface area contributed by atoms with E-state index in [1.54, 1.807) is 11.8 Å². The van der Waals surface area contributed by atoms with E-state index in [9.17, 15) is 8.42 Å². The van der Waals surface area contributed by atoms with Crippen molar-refractivity contribution in [2.75, 3.05) is 6.26 Å². The molecule has 0 saturated heterocycles. The molecule has 0 spiro atoms. The van der Waals surface area contributed by atoms with Gasteiger partial charge in [0.05, 0.1) is 5.25 Å². The van der Waals surface area contributed by atoms with Gasteiger partial charge in [-0.1, -0.05) is 37.4 Å². The van der Waals surface area contributed by atoms with Crippen LogP contribution in [0.15, 0.2) is 9.64 Å². The SMILES string of the molecule is CS(=O)(=O)[C@H]1CCC[C@@H](Sc2nnc(C3CCCCC3)o2)C1. The summed E-state index contributed by atoms with van der Waals surface area (Å²) in [7, 11) is -2.94. The maximum absolute atomic E-state index is 11.7. The first-order chi connectivity index (χ1) is 10.5. The number of sulfone groups is 1. The smallest absolute Gasteiger partial charge is 0.276 e. The highest BCUT2D eigenvalue weighted by Crippen LogP contribution is 2.37. The summed E-state index contributed by atoms with van der Waals surface area (Å²) >= 11 is 1.56. The minimum absolute atomic E-state index is 0.209. The van der Waals surface area contributed by atoms with Crippen LogP contribution >= 0.6 is 11.8 Å². The molecule has 0 unspecified atom stereocenters. The Balaban J connectivity index is 1.60. The van der Waals surface area contributed by atoms with Gasteiger partial charge < -0.3 is 4.42 Å². The van der Waals surface area contributed by atoms with Crippen molar-refractivity contribution >= 4 is 21.6 Å². The number of nitrogens with zero attached hydrogens (tertiary/aromatic N) is 2. The zero-order chi connectivity index (χ0) is 15.6. The zero-order valence-corrected chi connectivity index (χ0v) is 14.7. The second-order valence-corrected chi connectivity index (χ2v) is 10.2. The molecule has 0 bridgehead atoms. The fourth-order valence-electron chi connectivity index (χ4n) is 3.52. The lowest BCUT2D eigenvalue weighted by Crippen LogP contribution is -2.28. The topological polar surface area (TPSA) is 73.1 Å². The molecule has 124 valence electrons. The van der Waals surface area contributed by atoms with Gasteiger partial charge >= 0.3 is 0 Å². The third-order valence-corrected chi connectivity index (χ3v) is 7.59. The van der Waals surface area contributed by atoms with Crippen LogP contribution in [-0.2, 0) is 9.84 Å². The summed E-state index contributed by atoms with van der Waals surface area (Å²) in [5.41, 5.74) is 0. The summed E-state index contributed by atoms with van der Waals surface area (Å²) in [5, 5.41) is 9.06. The number of aromatic nitrogens is 2. The van der Waals surface area contributed by atoms with E-state index in [0.29, 0.717) is 17.6 Å². The van der Waals surface area contributed by atoms with Crippen LogP contribution in [0.1, 0.15) is 69.6 Å². The van der Waals surface area contributed by atoms with Crippen molar-refractivity contribution in [3.63, 3.8) is 0 Å². The van der Waals surface area contributed by atoms with Crippen molar-refractivity contribution in [2.24, 2.45) is 0 Å². The van der Waals surface area contributed by atoms with Crippen LogP contribution in [-0.4, -0.2) is 35.4 Å². The molecule has 1 aromatic rings. The molecule has 0 N–H and O–H groups in total. The van der Waals surface area contributed by atoms with E-state index in [1.165, 1.54) is 25.5 Å². The Kier molecular flexibility index (Phi) is 5.12. The van der Waals surface area contributed by atoms with Gasteiger partial charge in [-0.2, -0.15) is 0 Å². The maximum atomic E-state index is 11.7. The lowest BCUT2D eigenvalue weighted by atomic mass is 9.89. The molecule has 0 aromatic carbocycles. The third-order valence-electron chi connectivity index (χ3n) is 4.83. The van der Waals surface area contributed by atoms with Crippen LogP contribution in [0.25, 0.3) is 0 Å². The number of hydrogen-bond donors (Lipinski definition) is 0. The Bertz CT molecular complexity index is 594. The van der Waals surface area contributed by atoms with Gasteiger partial charge in [-0.25, -0.2) is 8.42 Å². The Hall–Kier alpha value is -0.560. The van der Waals surface area contributed by atoms with Gasteiger partial charge in [0.15, 0.2) is 0 Å². The Morgan fingerprint density at radius 1 is 1.05 bits per heavy atom. The van der Waals surface area contributed by atoms with Crippen LogP contribution in [0, 0.1) is 0 Å². The average Bonchev–Trinajstić information content (AvgIpc) is 2.96. The molecule has 7 heteroatoms. The molecule has 2 atom stereocenters. The fraction of sp³-hybridized carbons (Fsp3) is 0.867. The van der Waals surface area contributed by atoms with Gasteiger partial charge in [0, 0.05) is 17.4 Å². The van der Waals surface area contributed by atoms with Crippen molar-refractivity contribution in [3.8, 4) is 0 Å². The molecule has 0 aliphatic heterocycles. The quantitative estimate of drug-likeness (QED) is 0.831. The lowest BCUT2D eigenvalue weighted by molar-refractivity contribution is 0.333. The Morgan fingerprint density at radius 2 is 1.82 bits per heavy atom. The highest BCUT2D eigenvalue weighted by Gasteiger charge is 2.30. The van der Waals surface area contributed by atoms with E-state index in [4.69, 9.17) is 4.42 Å². The minimum Gasteiger partial charge on any atom is -0.416 e. The van der Waals surface area contributed by atoms with Crippen molar-refractivity contribution < 1.29 is 12.8 Å². The van der Waals surface area contributed by atoms with E-state index in [2.05, 4.69) is 10.2 Å². The van der Waals surface area contributed by atoms with Crippen molar-refractivity contribution in [1.29, 1.82) is 0 Å². The molecule has 3 rings (SSSR count). The molecular formula is C15H24N2O3S2. The first-order valence-corrected chi connectivity index (χ1v) is 11.0. The molecule has 1 heterocycles. The van der Waals surface area contributed by atoms with Crippen molar-refractivity contribution in [3.05, 3.63) is 5.89 Å². The Labute approximate surface area is 136 Å². The van der Waals surface area contributed by atoms with Crippen LogP contribution in [0.4, 0.5) is 0 Å². The largest absolute Gasteiger partial charge is 0.416 e. The standard InChI is InChI=1S/C15H24N2O3S2/c1-22(18,19)13-9-5-8-12(10-13)21-15-17-16-14(20-15)11-6-3-2-4-7-11/h11-13H,2-10H2,1H3/t12-,13+/m1/s1. The highest BCUT2D eigenvalue weighted by atomic mass is 32.2. The zero-order valence-electron chi connectivity index (χ0n) is 13.0. The average molecular weight is 345 g/mol. The minimum atomic E-state index is -2.94. The van der Waals surface area contributed by atoms with Crippen LogP contribution in [0.2, 0.25) is 0 Å². The van der Waals surface area contributed by atoms with Gasteiger partial charge in [-0.15, -0.1) is 10.2 Å². The first-order valence-electron chi connectivity index (χ1n) is 8.21. The summed E-state index contributed by atoms with van der Waals surface area (Å²) in [6.45, 7) is 0. The van der Waals surface area contributed by atoms with Gasteiger partial charge in [-0.05, 0) is 32.1 Å². The normalized spacial score (nSPS) is 27.9. The van der Waals surface area contributed by atoms with Crippen LogP contribution in [0.3, 0.4) is 0 Å². The lowest BCUT2D eigenvalue weighted by Gasteiger charge is -2.26. The van der Waals surface area contributed by atoms with Gasteiger partial charge in [0.25, 0.3) is 5.22 Å². The molecule has 2 aliphatic rings. The van der Waals surface area contributed by atoms with Crippen molar-refractivity contribution in [1.82, 2.24) is 10.2 Å². The summed E-state index contributed by atoms with van der Waals surface area (Å²) in [4.78, 5) is 0. The second kappa shape index (κ2) is 6.91. The summed E-state index contributed by atoms with van der Waals surface area (Å²) in [6.07, 6.45) is 10.9. The summed E-state index contributed by atoms with van der Waals surface area (Å²) in [6, 6.07) is 0. The molecule has 2 aliphatic carbocycles. The molecule has 2 saturated carbocycles. The van der Waals surface area contributed by atoms with Crippen LogP contribution < -0.4 is 0 Å². The molecule has 5 nitrogen and oxygen atoms in total. The highest BCUT2D eigenvalue weighted by molar-refractivity contribution is 7.99. The van der Waals surface area contributed by atoms with E-state index >= 15 is 0 Å². The fourth-order valence-corrected chi connectivity index (χ4v) is 5.94. The van der Waals surface area contributed by atoms with Crippen LogP contribution in [0.5, 0.6) is 0 Å².